The number of hydrogen-bond acceptors (Lipinski definition) is 5. The van der Waals surface area contributed by atoms with E-state index in [1.54, 1.807) is 31.8 Å². The van der Waals surface area contributed by atoms with E-state index in [4.69, 9.17) is 21.7 Å². The standard InChI is InChI=1S/C17H21N3O2S2/c1-21-11-3-10-18-17(23)20-19-12-15-8-9-16(24-15)13-4-6-14(22-2)7-5-13/h4-9,12H,3,10-11H2,1-2H3,(H2,18,20,23). The first-order valence-electron chi connectivity index (χ1n) is 7.53. The molecule has 7 heteroatoms. The molecule has 1 aromatic carbocycles. The minimum Gasteiger partial charge on any atom is -0.497 e. The zero-order valence-corrected chi connectivity index (χ0v) is 15.4. The van der Waals surface area contributed by atoms with Crippen LogP contribution in [0.15, 0.2) is 41.5 Å². The van der Waals surface area contributed by atoms with E-state index in [1.807, 2.05) is 30.3 Å². The number of thiophene rings is 1. The van der Waals surface area contributed by atoms with E-state index in [1.165, 1.54) is 4.88 Å². The molecule has 24 heavy (non-hydrogen) atoms. The van der Waals surface area contributed by atoms with E-state index in [2.05, 4.69) is 21.9 Å². The molecular weight excluding hydrogens is 342 g/mol. The lowest BCUT2D eigenvalue weighted by Crippen LogP contribution is -2.33. The second kappa shape index (κ2) is 10.0. The first-order valence-corrected chi connectivity index (χ1v) is 8.75. The molecule has 0 bridgehead atoms. The van der Waals surface area contributed by atoms with Crippen LogP contribution in [-0.4, -0.2) is 38.7 Å². The summed E-state index contributed by atoms with van der Waals surface area (Å²) in [5, 5.41) is 7.73. The highest BCUT2D eigenvalue weighted by Gasteiger charge is 2.02. The highest BCUT2D eigenvalue weighted by atomic mass is 32.1. The van der Waals surface area contributed by atoms with Crippen molar-refractivity contribution in [1.82, 2.24) is 10.7 Å². The van der Waals surface area contributed by atoms with Crippen molar-refractivity contribution < 1.29 is 9.47 Å². The van der Waals surface area contributed by atoms with Gasteiger partial charge in [-0.15, -0.1) is 11.3 Å². The van der Waals surface area contributed by atoms with Gasteiger partial charge in [-0.1, -0.05) is 0 Å². The van der Waals surface area contributed by atoms with Crippen LogP contribution in [0.1, 0.15) is 11.3 Å². The number of ether oxygens (including phenoxy) is 2. The molecule has 0 aliphatic carbocycles. The smallest absolute Gasteiger partial charge is 0.186 e. The molecule has 128 valence electrons. The fraction of sp³-hybridized carbons (Fsp3) is 0.294. The number of thiocarbonyl (C=S) groups is 1. The SMILES string of the molecule is COCCCNC(=S)NN=Cc1ccc(-c2ccc(OC)cc2)s1. The largest absolute Gasteiger partial charge is 0.497 e. The fourth-order valence-corrected chi connectivity index (χ4v) is 2.99. The van der Waals surface area contributed by atoms with Crippen LogP contribution in [0.3, 0.4) is 0 Å². The molecule has 0 fully saturated rings. The molecule has 5 nitrogen and oxygen atoms in total. The quantitative estimate of drug-likeness (QED) is 0.326. The summed E-state index contributed by atoms with van der Waals surface area (Å²) in [6, 6.07) is 12.1. The number of hydrogen-bond donors (Lipinski definition) is 2. The Balaban J connectivity index is 1.83. The molecule has 1 aromatic heterocycles. The topological polar surface area (TPSA) is 54.9 Å². The predicted octanol–water partition coefficient (Wildman–Crippen LogP) is 3.26. The lowest BCUT2D eigenvalue weighted by atomic mass is 10.2. The van der Waals surface area contributed by atoms with Crippen LogP contribution in [0.4, 0.5) is 0 Å². The number of rotatable bonds is 8. The summed E-state index contributed by atoms with van der Waals surface area (Å²) in [6.07, 6.45) is 2.67. The highest BCUT2D eigenvalue weighted by Crippen LogP contribution is 2.28. The third-order valence-electron chi connectivity index (χ3n) is 3.17. The zero-order valence-electron chi connectivity index (χ0n) is 13.7. The highest BCUT2D eigenvalue weighted by molar-refractivity contribution is 7.80. The Labute approximate surface area is 151 Å². The predicted molar refractivity (Wildman–Crippen MR) is 104 cm³/mol. The second-order valence-electron chi connectivity index (χ2n) is 4.90. The van der Waals surface area contributed by atoms with Crippen molar-refractivity contribution in [2.75, 3.05) is 27.4 Å². The monoisotopic (exact) mass is 363 g/mol. The molecule has 0 spiro atoms. The van der Waals surface area contributed by atoms with Crippen LogP contribution in [-0.2, 0) is 4.74 Å². The lowest BCUT2D eigenvalue weighted by Gasteiger charge is -2.05. The van der Waals surface area contributed by atoms with Gasteiger partial charge in [0, 0.05) is 30.0 Å². The molecule has 2 N–H and O–H groups in total. The number of methoxy groups -OCH3 is 2. The third kappa shape index (κ3) is 5.92. The summed E-state index contributed by atoms with van der Waals surface area (Å²) in [5.74, 6) is 0.854. The van der Waals surface area contributed by atoms with E-state index in [-0.39, 0.29) is 0 Å². The molecule has 1 heterocycles. The van der Waals surface area contributed by atoms with E-state index in [0.717, 1.165) is 29.2 Å². The Hall–Kier alpha value is -1.96. The van der Waals surface area contributed by atoms with Gasteiger partial charge in [0.15, 0.2) is 5.11 Å². The Morgan fingerprint density at radius 1 is 1.21 bits per heavy atom. The van der Waals surface area contributed by atoms with Crippen LogP contribution >= 0.6 is 23.6 Å². The average molecular weight is 364 g/mol. The van der Waals surface area contributed by atoms with Gasteiger partial charge >= 0.3 is 0 Å². The molecule has 0 saturated carbocycles. The summed E-state index contributed by atoms with van der Waals surface area (Å²) in [4.78, 5) is 2.23. The molecule has 0 aliphatic heterocycles. The van der Waals surface area contributed by atoms with Gasteiger partial charge < -0.3 is 14.8 Å². The van der Waals surface area contributed by atoms with Crippen molar-refractivity contribution in [3.05, 3.63) is 41.3 Å². The maximum Gasteiger partial charge on any atom is 0.186 e. The van der Waals surface area contributed by atoms with Crippen LogP contribution in [0, 0.1) is 0 Å². The summed E-state index contributed by atoms with van der Waals surface area (Å²) in [5.41, 5.74) is 3.97. The van der Waals surface area contributed by atoms with Crippen molar-refractivity contribution in [2.45, 2.75) is 6.42 Å². The molecule has 0 radical (unpaired) electrons. The molecule has 0 unspecified atom stereocenters. The van der Waals surface area contributed by atoms with Crippen molar-refractivity contribution in [3.63, 3.8) is 0 Å². The number of benzene rings is 1. The van der Waals surface area contributed by atoms with Gasteiger partial charge in [-0.25, -0.2) is 0 Å². The second-order valence-corrected chi connectivity index (χ2v) is 6.43. The molecule has 0 saturated heterocycles. The minimum atomic E-state index is 0.509. The molecule has 0 atom stereocenters. The van der Waals surface area contributed by atoms with Gasteiger partial charge in [-0.05, 0) is 60.6 Å². The minimum absolute atomic E-state index is 0.509. The van der Waals surface area contributed by atoms with Gasteiger partial charge in [-0.2, -0.15) is 5.10 Å². The Bertz CT molecular complexity index is 669. The molecule has 2 rings (SSSR count). The van der Waals surface area contributed by atoms with Crippen molar-refractivity contribution in [2.24, 2.45) is 5.10 Å². The van der Waals surface area contributed by atoms with Gasteiger partial charge in [0.25, 0.3) is 0 Å². The molecular formula is C17H21N3O2S2. The van der Waals surface area contributed by atoms with Crippen LogP contribution in [0.25, 0.3) is 10.4 Å². The van der Waals surface area contributed by atoms with Crippen molar-refractivity contribution >= 4 is 34.9 Å². The third-order valence-corrected chi connectivity index (χ3v) is 4.47. The van der Waals surface area contributed by atoms with Crippen LogP contribution in [0.2, 0.25) is 0 Å². The van der Waals surface area contributed by atoms with Crippen LogP contribution in [0.5, 0.6) is 5.75 Å². The number of hydrazone groups is 1. The van der Waals surface area contributed by atoms with Gasteiger partial charge in [0.1, 0.15) is 5.75 Å². The maximum absolute atomic E-state index is 5.18. The van der Waals surface area contributed by atoms with Crippen molar-refractivity contribution in [1.29, 1.82) is 0 Å². The summed E-state index contributed by atoms with van der Waals surface area (Å²) < 4.78 is 10.2. The van der Waals surface area contributed by atoms with Gasteiger partial charge in [-0.3, -0.25) is 5.43 Å². The van der Waals surface area contributed by atoms with E-state index >= 15 is 0 Å². The van der Waals surface area contributed by atoms with E-state index < -0.39 is 0 Å². The first kappa shape index (κ1) is 18.4. The van der Waals surface area contributed by atoms with Crippen molar-refractivity contribution in [3.8, 4) is 16.2 Å². The first-order chi connectivity index (χ1) is 11.7. The lowest BCUT2D eigenvalue weighted by molar-refractivity contribution is 0.195. The number of nitrogens with zero attached hydrogens (tertiary/aromatic N) is 1. The zero-order chi connectivity index (χ0) is 17.2. The van der Waals surface area contributed by atoms with Gasteiger partial charge in [0.2, 0.25) is 0 Å². The molecule has 0 aliphatic rings. The molecule has 0 amide bonds. The average Bonchev–Trinajstić information content (AvgIpc) is 3.08. The summed E-state index contributed by atoms with van der Waals surface area (Å²) in [7, 11) is 3.35. The Kier molecular flexibility index (Phi) is 7.67. The molecule has 2 aromatic rings. The normalized spacial score (nSPS) is 10.8. The van der Waals surface area contributed by atoms with E-state index in [0.29, 0.717) is 11.7 Å². The van der Waals surface area contributed by atoms with E-state index in [9.17, 15) is 0 Å². The number of nitrogens with one attached hydrogen (secondary N) is 2. The summed E-state index contributed by atoms with van der Waals surface area (Å²) >= 11 is 6.80. The summed E-state index contributed by atoms with van der Waals surface area (Å²) in [6.45, 7) is 1.47. The maximum atomic E-state index is 5.18. The Morgan fingerprint density at radius 3 is 2.71 bits per heavy atom. The van der Waals surface area contributed by atoms with Gasteiger partial charge in [0.05, 0.1) is 13.3 Å². The fourth-order valence-electron chi connectivity index (χ4n) is 1.95. The Morgan fingerprint density at radius 2 is 2.00 bits per heavy atom. The van der Waals surface area contributed by atoms with Crippen LogP contribution < -0.4 is 15.5 Å².